The maximum atomic E-state index is 2.44. The summed E-state index contributed by atoms with van der Waals surface area (Å²) < 4.78 is 0. The van der Waals surface area contributed by atoms with Crippen LogP contribution < -0.4 is 0 Å². The predicted molar refractivity (Wildman–Crippen MR) is 55.0 cm³/mol. The zero-order chi connectivity index (χ0) is 9.14. The van der Waals surface area contributed by atoms with E-state index in [9.17, 15) is 0 Å². The van der Waals surface area contributed by atoms with Gasteiger partial charge in [0.1, 0.15) is 0 Å². The van der Waals surface area contributed by atoms with Crippen molar-refractivity contribution in [2.45, 2.75) is 40.5 Å². The van der Waals surface area contributed by atoms with E-state index in [1.54, 1.807) is 0 Å². The average molecular weight is 166 g/mol. The number of hydrogen-bond donors (Lipinski definition) is 0. The molecular weight excluding hydrogens is 144 g/mol. The Bertz CT molecular complexity index is 135. The van der Waals surface area contributed by atoms with Gasteiger partial charge in [-0.05, 0) is 36.5 Å². The predicted octanol–water partition coefficient (Wildman–Crippen LogP) is 3.88. The van der Waals surface area contributed by atoms with Gasteiger partial charge in [0, 0.05) is 0 Å². The lowest BCUT2D eigenvalue weighted by atomic mass is 9.79. The van der Waals surface area contributed by atoms with Crippen LogP contribution in [-0.2, 0) is 0 Å². The van der Waals surface area contributed by atoms with Crippen molar-refractivity contribution in [3.63, 3.8) is 0 Å². The van der Waals surface area contributed by atoms with Crippen LogP contribution in [0.2, 0.25) is 0 Å². The molecule has 0 radical (unpaired) electrons. The highest BCUT2D eigenvalue weighted by atomic mass is 14.2. The quantitative estimate of drug-likeness (QED) is 0.546. The Labute approximate surface area is 77.1 Å². The van der Waals surface area contributed by atoms with Gasteiger partial charge >= 0.3 is 0 Å². The summed E-state index contributed by atoms with van der Waals surface area (Å²) in [6, 6.07) is 0. The number of hydrogen-bond acceptors (Lipinski definition) is 0. The highest BCUT2D eigenvalue weighted by Crippen LogP contribution is 2.30. The Kier molecular flexibility index (Phi) is 3.37. The van der Waals surface area contributed by atoms with Gasteiger partial charge in [-0.3, -0.25) is 0 Å². The summed E-state index contributed by atoms with van der Waals surface area (Å²) in [5.41, 5.74) is 0. The molecule has 0 N–H and O–H groups in total. The van der Waals surface area contributed by atoms with Gasteiger partial charge in [-0.2, -0.15) is 0 Å². The molecule has 0 saturated carbocycles. The first-order chi connectivity index (χ1) is 5.61. The summed E-state index contributed by atoms with van der Waals surface area (Å²) in [6.45, 7) is 9.30. The van der Waals surface area contributed by atoms with Crippen LogP contribution in [0.25, 0.3) is 0 Å². The SMILES string of the molecule is CC(C)C1C=C[C@H](C(C)C)CC1. The Hall–Kier alpha value is -0.260. The molecule has 1 aliphatic carbocycles. The van der Waals surface area contributed by atoms with Crippen LogP contribution in [0.3, 0.4) is 0 Å². The minimum atomic E-state index is 0.828. The Morgan fingerprint density at radius 3 is 1.33 bits per heavy atom. The third kappa shape index (κ3) is 2.36. The fraction of sp³-hybridized carbons (Fsp3) is 0.833. The van der Waals surface area contributed by atoms with Crippen LogP contribution in [-0.4, -0.2) is 0 Å². The van der Waals surface area contributed by atoms with E-state index in [0.717, 1.165) is 23.7 Å². The Balaban J connectivity index is 2.47. The van der Waals surface area contributed by atoms with E-state index in [1.807, 2.05) is 0 Å². The highest BCUT2D eigenvalue weighted by molar-refractivity contribution is 4.99. The lowest BCUT2D eigenvalue weighted by Crippen LogP contribution is -2.16. The summed E-state index contributed by atoms with van der Waals surface area (Å²) in [4.78, 5) is 0. The topological polar surface area (TPSA) is 0 Å². The summed E-state index contributed by atoms with van der Waals surface area (Å²) in [6.07, 6.45) is 7.69. The van der Waals surface area contributed by atoms with Crippen molar-refractivity contribution in [2.24, 2.45) is 23.7 Å². The van der Waals surface area contributed by atoms with Crippen LogP contribution in [0.15, 0.2) is 12.2 Å². The van der Waals surface area contributed by atoms with Crippen molar-refractivity contribution < 1.29 is 0 Å². The molecule has 0 saturated heterocycles. The number of allylic oxidation sites excluding steroid dienone is 2. The van der Waals surface area contributed by atoms with Crippen molar-refractivity contribution in [1.82, 2.24) is 0 Å². The van der Waals surface area contributed by atoms with Crippen molar-refractivity contribution >= 4 is 0 Å². The van der Waals surface area contributed by atoms with E-state index in [-0.39, 0.29) is 0 Å². The van der Waals surface area contributed by atoms with E-state index >= 15 is 0 Å². The first-order valence-corrected chi connectivity index (χ1v) is 5.29. The minimum absolute atomic E-state index is 0.828. The van der Waals surface area contributed by atoms with Crippen molar-refractivity contribution in [2.75, 3.05) is 0 Å². The Morgan fingerprint density at radius 1 is 0.833 bits per heavy atom. The van der Waals surface area contributed by atoms with Gasteiger partial charge in [-0.25, -0.2) is 0 Å². The van der Waals surface area contributed by atoms with Gasteiger partial charge in [-0.15, -0.1) is 0 Å². The van der Waals surface area contributed by atoms with Crippen LogP contribution in [0.4, 0.5) is 0 Å². The largest absolute Gasteiger partial charge is 0.0849 e. The summed E-state index contributed by atoms with van der Waals surface area (Å²) in [5, 5.41) is 0. The lowest BCUT2D eigenvalue weighted by molar-refractivity contribution is 0.332. The lowest BCUT2D eigenvalue weighted by Gasteiger charge is -2.27. The van der Waals surface area contributed by atoms with Crippen molar-refractivity contribution in [3.8, 4) is 0 Å². The van der Waals surface area contributed by atoms with Crippen LogP contribution in [0.5, 0.6) is 0 Å². The zero-order valence-electron chi connectivity index (χ0n) is 8.88. The fourth-order valence-corrected chi connectivity index (χ4v) is 1.97. The standard InChI is InChI=1S/C12H22/c1-9(2)11-5-7-12(8-6-11)10(3)4/h5,7,9-12H,6,8H2,1-4H3/t11-,12?/m0/s1. The second kappa shape index (κ2) is 4.11. The van der Waals surface area contributed by atoms with Gasteiger partial charge in [0.05, 0.1) is 0 Å². The average Bonchev–Trinajstić information content (AvgIpc) is 2.04. The number of rotatable bonds is 2. The van der Waals surface area contributed by atoms with E-state index in [4.69, 9.17) is 0 Å². The molecule has 0 heteroatoms. The molecule has 1 rings (SSSR count). The maximum Gasteiger partial charge on any atom is -0.0210 e. The monoisotopic (exact) mass is 166 g/mol. The molecule has 0 bridgehead atoms. The molecule has 0 fully saturated rings. The summed E-state index contributed by atoms with van der Waals surface area (Å²) in [7, 11) is 0. The van der Waals surface area contributed by atoms with E-state index < -0.39 is 0 Å². The zero-order valence-corrected chi connectivity index (χ0v) is 8.88. The molecule has 0 heterocycles. The third-order valence-corrected chi connectivity index (χ3v) is 3.15. The van der Waals surface area contributed by atoms with Crippen LogP contribution >= 0.6 is 0 Å². The summed E-state index contributed by atoms with van der Waals surface area (Å²) >= 11 is 0. The van der Waals surface area contributed by atoms with Gasteiger partial charge in [0.2, 0.25) is 0 Å². The van der Waals surface area contributed by atoms with Crippen molar-refractivity contribution in [1.29, 1.82) is 0 Å². The molecule has 0 spiro atoms. The second-order valence-electron chi connectivity index (χ2n) is 4.78. The molecule has 12 heavy (non-hydrogen) atoms. The molecule has 70 valence electrons. The molecule has 0 nitrogen and oxygen atoms in total. The van der Waals surface area contributed by atoms with Gasteiger partial charge in [0.15, 0.2) is 0 Å². The molecule has 1 aliphatic rings. The molecule has 1 unspecified atom stereocenters. The van der Waals surface area contributed by atoms with E-state index in [0.29, 0.717) is 0 Å². The fourth-order valence-electron chi connectivity index (χ4n) is 1.97. The molecule has 0 amide bonds. The second-order valence-corrected chi connectivity index (χ2v) is 4.78. The van der Waals surface area contributed by atoms with Crippen molar-refractivity contribution in [3.05, 3.63) is 12.2 Å². The van der Waals surface area contributed by atoms with Crippen LogP contribution in [0.1, 0.15) is 40.5 Å². The first kappa shape index (κ1) is 9.83. The third-order valence-electron chi connectivity index (χ3n) is 3.15. The summed E-state index contributed by atoms with van der Waals surface area (Å²) in [5.74, 6) is 3.35. The van der Waals surface area contributed by atoms with Gasteiger partial charge in [-0.1, -0.05) is 39.8 Å². The minimum Gasteiger partial charge on any atom is -0.0849 e. The van der Waals surface area contributed by atoms with Gasteiger partial charge in [0.25, 0.3) is 0 Å². The molecule has 0 aromatic carbocycles. The van der Waals surface area contributed by atoms with Crippen LogP contribution in [0, 0.1) is 23.7 Å². The molecule has 0 aromatic rings. The molecule has 0 aromatic heterocycles. The van der Waals surface area contributed by atoms with E-state index in [1.165, 1.54) is 12.8 Å². The highest BCUT2D eigenvalue weighted by Gasteiger charge is 2.19. The maximum absolute atomic E-state index is 2.44. The molecular formula is C12H22. The van der Waals surface area contributed by atoms with Gasteiger partial charge < -0.3 is 0 Å². The first-order valence-electron chi connectivity index (χ1n) is 5.29. The molecule has 2 atom stereocenters. The Morgan fingerprint density at radius 2 is 1.17 bits per heavy atom. The normalized spacial score (nSPS) is 30.2. The molecule has 0 aliphatic heterocycles. The smallest absolute Gasteiger partial charge is 0.0210 e. The van der Waals surface area contributed by atoms with E-state index in [2.05, 4.69) is 39.8 Å².